The number of para-hydroxylation sites is 1. The van der Waals surface area contributed by atoms with Gasteiger partial charge in [0.15, 0.2) is 0 Å². The molecule has 0 unspecified atom stereocenters. The molecule has 30 heavy (non-hydrogen) atoms. The van der Waals surface area contributed by atoms with E-state index in [1.807, 2.05) is 24.3 Å². The van der Waals surface area contributed by atoms with E-state index in [9.17, 15) is 14.7 Å². The predicted molar refractivity (Wildman–Crippen MR) is 120 cm³/mol. The first-order chi connectivity index (χ1) is 14.5. The molecule has 1 fully saturated rings. The van der Waals surface area contributed by atoms with Crippen LogP contribution in [0, 0.1) is 5.92 Å². The zero-order valence-corrected chi connectivity index (χ0v) is 18.4. The van der Waals surface area contributed by atoms with Gasteiger partial charge >= 0.3 is 5.97 Å². The minimum atomic E-state index is -1.16. The summed E-state index contributed by atoms with van der Waals surface area (Å²) in [6.07, 6.45) is 8.71. The normalized spacial score (nSPS) is 14.9. The van der Waals surface area contributed by atoms with E-state index < -0.39 is 5.97 Å². The molecule has 0 saturated heterocycles. The Labute approximate surface area is 185 Å². The van der Waals surface area contributed by atoms with Crippen LogP contribution >= 0.6 is 15.9 Å². The molecule has 0 spiro atoms. The first-order valence-electron chi connectivity index (χ1n) is 10.3. The molecule has 6 heteroatoms. The number of hydrogen-bond acceptors (Lipinski definition) is 3. The first kappa shape index (κ1) is 22.1. The molecule has 2 N–H and O–H groups in total. The molecule has 0 heterocycles. The number of hydrogen-bond donors (Lipinski definition) is 2. The van der Waals surface area contributed by atoms with Crippen LogP contribution in [0.15, 0.2) is 58.7 Å². The topological polar surface area (TPSA) is 75.6 Å². The lowest BCUT2D eigenvalue weighted by Gasteiger charge is -2.21. The van der Waals surface area contributed by atoms with Crippen LogP contribution in [0.3, 0.4) is 0 Å². The maximum atomic E-state index is 12.2. The number of ether oxygens (including phenoxy) is 1. The molecular weight excluding hydrogens is 446 g/mol. The highest BCUT2D eigenvalue weighted by molar-refractivity contribution is 9.10. The molecule has 0 atom stereocenters. The van der Waals surface area contributed by atoms with Crippen molar-refractivity contribution in [3.63, 3.8) is 0 Å². The first-order valence-corrected chi connectivity index (χ1v) is 11.1. The van der Waals surface area contributed by atoms with Gasteiger partial charge in [0.2, 0.25) is 5.91 Å². The second-order valence-electron chi connectivity index (χ2n) is 7.56. The highest BCUT2D eigenvalue weighted by Crippen LogP contribution is 2.29. The third-order valence-corrected chi connectivity index (χ3v) is 5.92. The molecule has 0 bridgehead atoms. The number of carbonyl (C=O) groups is 2. The van der Waals surface area contributed by atoms with Crippen LogP contribution in [0.2, 0.25) is 0 Å². The molecule has 0 aliphatic heterocycles. The van der Waals surface area contributed by atoms with Crippen LogP contribution in [0.25, 0.3) is 6.08 Å². The second-order valence-corrected chi connectivity index (χ2v) is 8.41. The van der Waals surface area contributed by atoms with Crippen molar-refractivity contribution in [1.29, 1.82) is 0 Å². The van der Waals surface area contributed by atoms with Crippen molar-refractivity contribution in [2.75, 3.05) is 0 Å². The molecule has 2 aromatic rings. The van der Waals surface area contributed by atoms with E-state index in [2.05, 4.69) is 21.2 Å². The summed E-state index contributed by atoms with van der Waals surface area (Å²) < 4.78 is 6.66. The van der Waals surface area contributed by atoms with Gasteiger partial charge in [-0.15, -0.1) is 0 Å². The van der Waals surface area contributed by atoms with E-state index in [4.69, 9.17) is 4.74 Å². The van der Waals surface area contributed by atoms with Gasteiger partial charge in [-0.3, -0.25) is 4.79 Å². The Hall–Kier alpha value is -2.60. The summed E-state index contributed by atoms with van der Waals surface area (Å²) in [6.45, 7) is 0. The standard InChI is InChI=1S/C24H26BrNO4/c25-20-8-4-5-9-22(20)30-19-13-10-18(11-14-19)16-21(24(28)29)26-23(27)15-12-17-6-2-1-3-7-17/h4-5,8-11,13-14,16-17H,1-3,6-7,12,15H2,(H,26,27)(H,28,29)/b21-16-. The predicted octanol–water partition coefficient (Wildman–Crippen LogP) is 6.14. The molecular formula is C24H26BrNO4. The van der Waals surface area contributed by atoms with Gasteiger partial charge in [0.25, 0.3) is 0 Å². The van der Waals surface area contributed by atoms with E-state index in [1.165, 1.54) is 38.2 Å². The number of benzene rings is 2. The van der Waals surface area contributed by atoms with Crippen LogP contribution in [-0.2, 0) is 9.59 Å². The van der Waals surface area contributed by atoms with Crippen LogP contribution in [0.5, 0.6) is 11.5 Å². The summed E-state index contributed by atoms with van der Waals surface area (Å²) >= 11 is 3.44. The van der Waals surface area contributed by atoms with Crippen LogP contribution in [-0.4, -0.2) is 17.0 Å². The quantitative estimate of drug-likeness (QED) is 0.453. The maximum Gasteiger partial charge on any atom is 0.352 e. The highest BCUT2D eigenvalue weighted by atomic mass is 79.9. The number of nitrogens with one attached hydrogen (secondary N) is 1. The molecule has 1 saturated carbocycles. The van der Waals surface area contributed by atoms with Crippen molar-refractivity contribution < 1.29 is 19.4 Å². The molecule has 5 nitrogen and oxygen atoms in total. The van der Waals surface area contributed by atoms with Crippen molar-refractivity contribution in [3.8, 4) is 11.5 Å². The Morgan fingerprint density at radius 2 is 1.77 bits per heavy atom. The molecule has 0 aromatic heterocycles. The smallest absolute Gasteiger partial charge is 0.352 e. The van der Waals surface area contributed by atoms with Gasteiger partial charge in [-0.25, -0.2) is 4.79 Å². The van der Waals surface area contributed by atoms with Gasteiger partial charge in [-0.05, 0) is 64.2 Å². The molecule has 1 aliphatic carbocycles. The number of rotatable bonds is 8. The van der Waals surface area contributed by atoms with E-state index in [1.54, 1.807) is 24.3 Å². The molecule has 0 radical (unpaired) electrons. The van der Waals surface area contributed by atoms with Gasteiger partial charge < -0.3 is 15.2 Å². The van der Waals surface area contributed by atoms with Crippen LogP contribution in [0.4, 0.5) is 0 Å². The lowest BCUT2D eigenvalue weighted by molar-refractivity contribution is -0.134. The molecule has 3 rings (SSSR count). The van der Waals surface area contributed by atoms with E-state index in [0.717, 1.165) is 10.9 Å². The zero-order valence-electron chi connectivity index (χ0n) is 16.8. The fourth-order valence-corrected chi connectivity index (χ4v) is 3.99. The summed E-state index contributed by atoms with van der Waals surface area (Å²) in [6, 6.07) is 14.6. The number of halogens is 1. The Morgan fingerprint density at radius 1 is 1.07 bits per heavy atom. The van der Waals surface area contributed by atoms with Crippen LogP contribution in [0.1, 0.15) is 50.5 Å². The highest BCUT2D eigenvalue weighted by Gasteiger charge is 2.17. The Balaban J connectivity index is 1.59. The van der Waals surface area contributed by atoms with E-state index in [0.29, 0.717) is 29.4 Å². The number of carboxylic acids is 1. The van der Waals surface area contributed by atoms with Gasteiger partial charge in [0.05, 0.1) is 4.47 Å². The lowest BCUT2D eigenvalue weighted by atomic mass is 9.86. The van der Waals surface area contributed by atoms with Crippen molar-refractivity contribution in [2.24, 2.45) is 5.92 Å². The summed E-state index contributed by atoms with van der Waals surface area (Å²) in [4.78, 5) is 23.8. The van der Waals surface area contributed by atoms with Crippen molar-refractivity contribution >= 4 is 33.9 Å². The average Bonchev–Trinajstić information content (AvgIpc) is 2.75. The largest absolute Gasteiger partial charge is 0.477 e. The third-order valence-electron chi connectivity index (χ3n) is 5.26. The lowest BCUT2D eigenvalue weighted by Crippen LogP contribution is -2.27. The zero-order chi connectivity index (χ0) is 21.3. The average molecular weight is 472 g/mol. The molecule has 1 aliphatic rings. The summed E-state index contributed by atoms with van der Waals surface area (Å²) in [5.74, 6) is 0.501. The number of carbonyl (C=O) groups excluding carboxylic acids is 1. The summed E-state index contributed by atoms with van der Waals surface area (Å²) in [7, 11) is 0. The fraction of sp³-hybridized carbons (Fsp3) is 0.333. The number of amides is 1. The van der Waals surface area contributed by atoms with Crippen molar-refractivity contribution in [3.05, 3.63) is 64.3 Å². The minimum absolute atomic E-state index is 0.122. The maximum absolute atomic E-state index is 12.2. The Kier molecular flexibility index (Phi) is 8.08. The third kappa shape index (κ3) is 6.73. The summed E-state index contributed by atoms with van der Waals surface area (Å²) in [5, 5.41) is 12.0. The number of carboxylic acid groups (broad SMARTS) is 1. The van der Waals surface area contributed by atoms with Gasteiger partial charge in [-0.1, -0.05) is 56.4 Å². The monoisotopic (exact) mass is 471 g/mol. The SMILES string of the molecule is O=C(CCC1CCCCC1)N/C(=C\c1ccc(Oc2ccccc2Br)cc1)C(=O)O. The Morgan fingerprint density at radius 3 is 2.43 bits per heavy atom. The van der Waals surface area contributed by atoms with E-state index >= 15 is 0 Å². The molecule has 1 amide bonds. The minimum Gasteiger partial charge on any atom is -0.477 e. The van der Waals surface area contributed by atoms with Crippen molar-refractivity contribution in [1.82, 2.24) is 5.32 Å². The van der Waals surface area contributed by atoms with Gasteiger partial charge in [-0.2, -0.15) is 0 Å². The van der Waals surface area contributed by atoms with Crippen LogP contribution < -0.4 is 10.1 Å². The Bertz CT molecular complexity index is 902. The molecule has 2 aromatic carbocycles. The van der Waals surface area contributed by atoms with Gasteiger partial charge in [0.1, 0.15) is 17.2 Å². The molecule has 158 valence electrons. The summed E-state index contributed by atoms with van der Waals surface area (Å²) in [5.41, 5.74) is 0.544. The van der Waals surface area contributed by atoms with E-state index in [-0.39, 0.29) is 11.6 Å². The fourth-order valence-electron chi connectivity index (χ4n) is 3.63. The van der Waals surface area contributed by atoms with Gasteiger partial charge in [0, 0.05) is 6.42 Å². The number of aliphatic carboxylic acids is 1. The van der Waals surface area contributed by atoms with Crippen molar-refractivity contribution in [2.45, 2.75) is 44.9 Å². The second kappa shape index (κ2) is 11.0.